The zero-order valence-corrected chi connectivity index (χ0v) is 14.0. The molecule has 1 N–H and O–H groups in total. The van der Waals surface area contributed by atoms with Crippen molar-refractivity contribution in [2.24, 2.45) is 0 Å². The summed E-state index contributed by atoms with van der Waals surface area (Å²) >= 11 is 0. The Kier molecular flexibility index (Phi) is 5.05. The van der Waals surface area contributed by atoms with Gasteiger partial charge in [0.15, 0.2) is 5.82 Å². The Bertz CT molecular complexity index is 666. The number of hydrogen-bond acceptors (Lipinski definition) is 7. The third-order valence-corrected chi connectivity index (χ3v) is 4.20. The van der Waals surface area contributed by atoms with E-state index >= 15 is 0 Å². The average molecular weight is 330 g/mol. The maximum absolute atomic E-state index is 12.5. The smallest absolute Gasteiger partial charge is 0.242 e. The molecule has 2 aromatic heterocycles. The number of piperazine rings is 1. The molecule has 0 aromatic carbocycles. The molecule has 0 saturated carbocycles. The fourth-order valence-corrected chi connectivity index (χ4v) is 2.96. The van der Waals surface area contributed by atoms with E-state index in [1.54, 1.807) is 31.6 Å². The summed E-state index contributed by atoms with van der Waals surface area (Å²) < 4.78 is 4.99. The molecule has 0 radical (unpaired) electrons. The standard InChI is InChI=1S/C16H22N6O2/c1-3-13(16(23)19-14-10-12(2)24-20-14)21-6-8-22(9-7-21)15-11-17-4-5-18-15/h4-5,10-11,13H,3,6-9H2,1-2H3,(H,19,20,23)/t13-/m0/s1. The molecule has 1 saturated heterocycles. The van der Waals surface area contributed by atoms with Crippen LogP contribution in [-0.2, 0) is 4.79 Å². The van der Waals surface area contributed by atoms with Gasteiger partial charge >= 0.3 is 0 Å². The molecule has 1 atom stereocenters. The second-order valence-corrected chi connectivity index (χ2v) is 5.82. The molecule has 3 rings (SSSR count). The lowest BCUT2D eigenvalue weighted by Crippen LogP contribution is -2.53. The summed E-state index contributed by atoms with van der Waals surface area (Å²) in [6, 6.07) is 1.54. The number of aryl methyl sites for hydroxylation is 1. The topological polar surface area (TPSA) is 87.4 Å². The number of nitrogens with zero attached hydrogens (tertiary/aromatic N) is 5. The first-order valence-electron chi connectivity index (χ1n) is 8.16. The van der Waals surface area contributed by atoms with E-state index in [0.29, 0.717) is 11.6 Å². The Morgan fingerprint density at radius 1 is 1.33 bits per heavy atom. The van der Waals surface area contributed by atoms with Crippen LogP contribution in [0.15, 0.2) is 29.2 Å². The molecule has 0 unspecified atom stereocenters. The predicted molar refractivity (Wildman–Crippen MR) is 89.8 cm³/mol. The molecule has 1 aliphatic rings. The number of nitrogens with one attached hydrogen (secondary N) is 1. The van der Waals surface area contributed by atoms with Crippen molar-refractivity contribution in [3.8, 4) is 0 Å². The van der Waals surface area contributed by atoms with Gasteiger partial charge in [0, 0.05) is 44.6 Å². The fraction of sp³-hybridized carbons (Fsp3) is 0.500. The number of aromatic nitrogens is 3. The predicted octanol–water partition coefficient (Wildman–Crippen LogP) is 1.31. The Hall–Kier alpha value is -2.48. The maximum atomic E-state index is 12.5. The van der Waals surface area contributed by atoms with Gasteiger partial charge in [0.05, 0.1) is 12.2 Å². The molecule has 128 valence electrons. The van der Waals surface area contributed by atoms with Gasteiger partial charge in [-0.3, -0.25) is 14.7 Å². The first kappa shape index (κ1) is 16.4. The third kappa shape index (κ3) is 3.70. The first-order valence-corrected chi connectivity index (χ1v) is 8.16. The van der Waals surface area contributed by atoms with Crippen molar-refractivity contribution in [2.45, 2.75) is 26.3 Å². The number of amides is 1. The minimum Gasteiger partial charge on any atom is -0.360 e. The van der Waals surface area contributed by atoms with Gasteiger partial charge in [-0.15, -0.1) is 0 Å². The van der Waals surface area contributed by atoms with Gasteiger partial charge in [-0.05, 0) is 13.3 Å². The lowest BCUT2D eigenvalue weighted by molar-refractivity contribution is -0.121. The molecule has 1 amide bonds. The Morgan fingerprint density at radius 2 is 2.12 bits per heavy atom. The zero-order chi connectivity index (χ0) is 16.9. The molecule has 8 nitrogen and oxygen atoms in total. The van der Waals surface area contributed by atoms with Crippen molar-refractivity contribution in [3.05, 3.63) is 30.4 Å². The van der Waals surface area contributed by atoms with E-state index < -0.39 is 0 Å². The summed E-state index contributed by atoms with van der Waals surface area (Å²) in [4.78, 5) is 25.4. The second-order valence-electron chi connectivity index (χ2n) is 5.82. The molecular formula is C16H22N6O2. The van der Waals surface area contributed by atoms with E-state index in [1.807, 2.05) is 6.92 Å². The van der Waals surface area contributed by atoms with Gasteiger partial charge < -0.3 is 14.7 Å². The van der Waals surface area contributed by atoms with Crippen LogP contribution in [0, 0.1) is 6.92 Å². The lowest BCUT2D eigenvalue weighted by Gasteiger charge is -2.38. The number of carbonyl (C=O) groups excluding carboxylic acids is 1. The number of rotatable bonds is 5. The molecule has 24 heavy (non-hydrogen) atoms. The van der Waals surface area contributed by atoms with Crippen LogP contribution in [0.25, 0.3) is 0 Å². The lowest BCUT2D eigenvalue weighted by atomic mass is 10.1. The highest BCUT2D eigenvalue weighted by Gasteiger charge is 2.28. The number of hydrogen-bond donors (Lipinski definition) is 1. The van der Waals surface area contributed by atoms with Crippen molar-refractivity contribution >= 4 is 17.5 Å². The summed E-state index contributed by atoms with van der Waals surface area (Å²) in [5.74, 6) is 1.98. The number of carbonyl (C=O) groups is 1. The average Bonchev–Trinajstić information content (AvgIpc) is 3.02. The van der Waals surface area contributed by atoms with Crippen molar-refractivity contribution in [3.63, 3.8) is 0 Å². The van der Waals surface area contributed by atoms with Gasteiger partial charge in [0.1, 0.15) is 11.6 Å². The quantitative estimate of drug-likeness (QED) is 0.884. The van der Waals surface area contributed by atoms with Gasteiger partial charge in [-0.25, -0.2) is 4.98 Å². The van der Waals surface area contributed by atoms with Crippen molar-refractivity contribution in [1.82, 2.24) is 20.0 Å². The first-order chi connectivity index (χ1) is 11.7. The Morgan fingerprint density at radius 3 is 2.71 bits per heavy atom. The number of anilines is 2. The normalized spacial score (nSPS) is 16.8. The van der Waals surface area contributed by atoms with Gasteiger partial charge in [-0.1, -0.05) is 12.1 Å². The summed E-state index contributed by atoms with van der Waals surface area (Å²) in [5, 5.41) is 6.65. The Labute approximate surface area is 140 Å². The van der Waals surface area contributed by atoms with Crippen molar-refractivity contribution < 1.29 is 9.32 Å². The minimum atomic E-state index is -0.175. The fourth-order valence-electron chi connectivity index (χ4n) is 2.96. The summed E-state index contributed by atoms with van der Waals surface area (Å²) in [6.07, 6.45) is 5.88. The molecule has 2 aromatic rings. The van der Waals surface area contributed by atoms with Crippen molar-refractivity contribution in [2.75, 3.05) is 36.4 Å². The van der Waals surface area contributed by atoms with Gasteiger partial charge in [-0.2, -0.15) is 0 Å². The highest BCUT2D eigenvalue weighted by atomic mass is 16.5. The van der Waals surface area contributed by atoms with Crippen LogP contribution in [-0.4, -0.2) is 58.2 Å². The molecule has 0 bridgehead atoms. The van der Waals surface area contributed by atoms with Crippen LogP contribution < -0.4 is 10.2 Å². The van der Waals surface area contributed by atoms with E-state index in [-0.39, 0.29) is 11.9 Å². The molecule has 0 aliphatic carbocycles. The summed E-state index contributed by atoms with van der Waals surface area (Å²) in [5.41, 5.74) is 0. The van der Waals surface area contributed by atoms with E-state index in [9.17, 15) is 4.79 Å². The maximum Gasteiger partial charge on any atom is 0.242 e. The molecule has 0 spiro atoms. The molecule has 1 fully saturated rings. The van der Waals surface area contributed by atoms with E-state index in [0.717, 1.165) is 38.4 Å². The monoisotopic (exact) mass is 330 g/mol. The molecule has 3 heterocycles. The van der Waals surface area contributed by atoms with Crippen LogP contribution in [0.5, 0.6) is 0 Å². The van der Waals surface area contributed by atoms with Crippen LogP contribution in [0.3, 0.4) is 0 Å². The highest BCUT2D eigenvalue weighted by Crippen LogP contribution is 2.16. The largest absolute Gasteiger partial charge is 0.360 e. The highest BCUT2D eigenvalue weighted by molar-refractivity contribution is 5.94. The van der Waals surface area contributed by atoms with Crippen molar-refractivity contribution in [1.29, 1.82) is 0 Å². The SMILES string of the molecule is CC[C@@H](C(=O)Nc1cc(C)on1)N1CCN(c2cnccn2)CC1. The molecule has 8 heteroatoms. The third-order valence-electron chi connectivity index (χ3n) is 4.20. The zero-order valence-electron chi connectivity index (χ0n) is 14.0. The van der Waals surface area contributed by atoms with E-state index in [4.69, 9.17) is 4.52 Å². The van der Waals surface area contributed by atoms with Crippen LogP contribution in [0.4, 0.5) is 11.6 Å². The second kappa shape index (κ2) is 7.39. The minimum absolute atomic E-state index is 0.0428. The van der Waals surface area contributed by atoms with E-state index in [1.165, 1.54) is 0 Å². The van der Waals surface area contributed by atoms with Crippen LogP contribution in [0.1, 0.15) is 19.1 Å². The van der Waals surface area contributed by atoms with E-state index in [2.05, 4.69) is 30.2 Å². The summed E-state index contributed by atoms with van der Waals surface area (Å²) in [7, 11) is 0. The van der Waals surface area contributed by atoms with Crippen LogP contribution >= 0.6 is 0 Å². The summed E-state index contributed by atoms with van der Waals surface area (Å²) in [6.45, 7) is 7.08. The van der Waals surface area contributed by atoms with Gasteiger partial charge in [0.25, 0.3) is 0 Å². The molecule has 1 aliphatic heterocycles. The Balaban J connectivity index is 1.58. The van der Waals surface area contributed by atoms with Crippen LogP contribution in [0.2, 0.25) is 0 Å². The molecular weight excluding hydrogens is 308 g/mol. The van der Waals surface area contributed by atoms with Gasteiger partial charge in [0.2, 0.25) is 5.91 Å².